The van der Waals surface area contributed by atoms with E-state index in [-0.39, 0.29) is 77.8 Å². The number of benzene rings is 1. The fourth-order valence-electron chi connectivity index (χ4n) is 5.14. The molecule has 270 valence electrons. The third-order valence-electron chi connectivity index (χ3n) is 7.75. The average Bonchev–Trinajstić information content (AvgIpc) is 3.66. The lowest BCUT2D eigenvalue weighted by molar-refractivity contribution is -0.144. The number of aryl methyl sites for hydroxylation is 1. The van der Waals surface area contributed by atoms with E-state index >= 15 is 0 Å². The summed E-state index contributed by atoms with van der Waals surface area (Å²) in [4.78, 5) is 69.3. The maximum atomic E-state index is 13.8. The zero-order chi connectivity index (χ0) is 36.0. The summed E-state index contributed by atoms with van der Waals surface area (Å²) in [7, 11) is 0. The van der Waals surface area contributed by atoms with Gasteiger partial charge in [-0.25, -0.2) is 9.78 Å². The Hall–Kier alpha value is -4.12. The number of hydrogen-bond donors (Lipinski definition) is 6. The van der Waals surface area contributed by atoms with Crippen LogP contribution in [0.2, 0.25) is 0 Å². The predicted molar refractivity (Wildman–Crippen MR) is 182 cm³/mol. The number of aromatic nitrogens is 1. The lowest BCUT2D eigenvalue weighted by Gasteiger charge is -2.35. The van der Waals surface area contributed by atoms with Crippen molar-refractivity contribution in [2.75, 3.05) is 46.1 Å². The summed E-state index contributed by atoms with van der Waals surface area (Å²) in [5, 5.41) is 29.4. The highest BCUT2D eigenvalue weighted by Gasteiger charge is 2.44. The fourth-order valence-corrected chi connectivity index (χ4v) is 5.96. The van der Waals surface area contributed by atoms with E-state index < -0.39 is 47.4 Å². The number of rotatable bonds is 18. The molecule has 3 atom stereocenters. The van der Waals surface area contributed by atoms with Gasteiger partial charge in [0.25, 0.3) is 0 Å². The predicted octanol–water partition coefficient (Wildman–Crippen LogP) is 1.42. The van der Waals surface area contributed by atoms with Crippen molar-refractivity contribution in [1.82, 2.24) is 31.2 Å². The van der Waals surface area contributed by atoms with Gasteiger partial charge in [-0.1, -0.05) is 45.0 Å². The van der Waals surface area contributed by atoms with E-state index in [0.29, 0.717) is 0 Å². The first-order valence-electron chi connectivity index (χ1n) is 16.2. The number of carboxylic acid groups (broad SMARTS) is 1. The van der Waals surface area contributed by atoms with E-state index in [4.69, 9.17) is 14.6 Å². The second-order valence-corrected chi connectivity index (χ2v) is 13.6. The van der Waals surface area contributed by atoms with Crippen LogP contribution in [0.15, 0.2) is 29.8 Å². The molecular weight excluding hydrogens is 656 g/mol. The van der Waals surface area contributed by atoms with Crippen LogP contribution < -0.4 is 21.3 Å². The number of nitrogens with one attached hydrogen (secondary N) is 4. The van der Waals surface area contributed by atoms with E-state index in [1.54, 1.807) is 37.6 Å². The highest BCUT2D eigenvalue weighted by atomic mass is 32.1. The molecule has 3 rings (SSSR count). The molecule has 16 heteroatoms. The maximum Gasteiger partial charge on any atom is 0.404 e. The zero-order valence-corrected chi connectivity index (χ0v) is 29.3. The van der Waals surface area contributed by atoms with Gasteiger partial charge in [0, 0.05) is 45.4 Å². The normalized spacial score (nSPS) is 16.6. The van der Waals surface area contributed by atoms with Gasteiger partial charge in [-0.05, 0) is 23.5 Å². The number of nitrogens with zero attached hydrogens (tertiary/aromatic N) is 2. The molecule has 1 aromatic carbocycles. The molecule has 6 N–H and O–H groups in total. The van der Waals surface area contributed by atoms with Crippen LogP contribution in [0.3, 0.4) is 0 Å². The third kappa shape index (κ3) is 13.0. The van der Waals surface area contributed by atoms with Crippen molar-refractivity contribution in [1.29, 1.82) is 0 Å². The molecule has 15 nitrogen and oxygen atoms in total. The van der Waals surface area contributed by atoms with Crippen LogP contribution in [0.5, 0.6) is 0 Å². The van der Waals surface area contributed by atoms with E-state index in [0.717, 1.165) is 21.7 Å². The molecule has 1 fully saturated rings. The molecule has 2 aromatic rings. The van der Waals surface area contributed by atoms with Gasteiger partial charge < -0.3 is 45.9 Å². The quantitative estimate of drug-likeness (QED) is 0.123. The molecule has 1 aliphatic rings. The molecule has 0 unspecified atom stereocenters. The van der Waals surface area contributed by atoms with Crippen LogP contribution in [-0.4, -0.2) is 114 Å². The first kappa shape index (κ1) is 39.3. The molecule has 1 aliphatic heterocycles. The van der Waals surface area contributed by atoms with Gasteiger partial charge in [0.1, 0.15) is 12.1 Å². The lowest BCUT2D eigenvalue weighted by atomic mass is 9.85. The van der Waals surface area contributed by atoms with Gasteiger partial charge in [-0.2, -0.15) is 0 Å². The Balaban J connectivity index is 1.44. The van der Waals surface area contributed by atoms with Crippen molar-refractivity contribution in [3.05, 3.63) is 41.0 Å². The average molecular weight is 705 g/mol. The number of ether oxygens (including phenoxy) is 2. The summed E-state index contributed by atoms with van der Waals surface area (Å²) in [6, 6.07) is 5.88. The number of likely N-dealkylation sites (tertiary alicyclic amines) is 1. The van der Waals surface area contributed by atoms with Crippen molar-refractivity contribution < 1.29 is 43.7 Å². The van der Waals surface area contributed by atoms with Gasteiger partial charge in [-0.3, -0.25) is 19.2 Å². The Labute approximate surface area is 290 Å². The van der Waals surface area contributed by atoms with Crippen LogP contribution in [0.25, 0.3) is 10.4 Å². The lowest BCUT2D eigenvalue weighted by Crippen LogP contribution is -2.57. The Morgan fingerprint density at radius 3 is 2.18 bits per heavy atom. The van der Waals surface area contributed by atoms with Crippen molar-refractivity contribution in [3.63, 3.8) is 0 Å². The highest BCUT2D eigenvalue weighted by Crippen LogP contribution is 2.28. The van der Waals surface area contributed by atoms with Crippen LogP contribution in [-0.2, 0) is 35.2 Å². The Kier molecular flexibility index (Phi) is 15.4. The van der Waals surface area contributed by atoms with Crippen LogP contribution in [0.4, 0.5) is 4.79 Å². The standard InChI is InChI=1S/C33H48N6O9S/c1-21-28(49-20-37-21)23-7-5-22(6-8-23)18-36-30(43)25-17-24(40)19-39(25)31(44)29(33(2,3)4)38-27(42)10-9-26(41)34-11-13-47-15-16-48-14-12-35-32(45)46/h5-8,20,24-25,29,35,40H,9-19H2,1-4H3,(H,34,41)(H,36,43)(H,38,42)(H,45,46)/t24-,25+,29-/m1/s1. The maximum absolute atomic E-state index is 13.8. The molecule has 0 saturated carbocycles. The molecule has 0 radical (unpaired) electrons. The molecule has 1 saturated heterocycles. The van der Waals surface area contributed by atoms with Gasteiger partial charge in [-0.15, -0.1) is 11.3 Å². The number of carbonyl (C=O) groups is 5. The SMILES string of the molecule is Cc1ncsc1-c1ccc(CNC(=O)[C@@H]2C[C@@H](O)CN2C(=O)[C@@H](NC(=O)CCC(=O)NCCOCCOCCNC(=O)O)C(C)(C)C)cc1. The minimum atomic E-state index is -1.12. The molecule has 0 aliphatic carbocycles. The van der Waals surface area contributed by atoms with Gasteiger partial charge >= 0.3 is 6.09 Å². The summed E-state index contributed by atoms with van der Waals surface area (Å²) < 4.78 is 10.6. The Morgan fingerprint density at radius 1 is 0.959 bits per heavy atom. The molecule has 0 bridgehead atoms. The molecular formula is C33H48N6O9S. The van der Waals surface area contributed by atoms with Crippen molar-refractivity contribution in [2.45, 2.75) is 71.7 Å². The van der Waals surface area contributed by atoms with Gasteiger partial charge in [0.2, 0.25) is 23.6 Å². The summed E-state index contributed by atoms with van der Waals surface area (Å²) in [5.41, 5.74) is 3.94. The highest BCUT2D eigenvalue weighted by molar-refractivity contribution is 7.13. The molecule has 1 aromatic heterocycles. The van der Waals surface area contributed by atoms with E-state index in [1.807, 2.05) is 31.2 Å². The monoisotopic (exact) mass is 704 g/mol. The number of carbonyl (C=O) groups excluding carboxylic acids is 4. The summed E-state index contributed by atoms with van der Waals surface area (Å²) in [5.74, 6) is -1.73. The minimum Gasteiger partial charge on any atom is -0.465 e. The largest absolute Gasteiger partial charge is 0.465 e. The summed E-state index contributed by atoms with van der Waals surface area (Å²) in [6.07, 6.45) is -2.19. The zero-order valence-electron chi connectivity index (χ0n) is 28.5. The Bertz CT molecular complexity index is 1410. The van der Waals surface area contributed by atoms with Crippen molar-refractivity contribution in [2.24, 2.45) is 5.41 Å². The summed E-state index contributed by atoms with van der Waals surface area (Å²) >= 11 is 1.56. The first-order chi connectivity index (χ1) is 23.3. The van der Waals surface area contributed by atoms with Crippen LogP contribution in [0.1, 0.15) is 51.3 Å². The minimum absolute atomic E-state index is 0.0409. The molecule has 2 heterocycles. The topological polar surface area (TPSA) is 209 Å². The Morgan fingerprint density at radius 2 is 1.59 bits per heavy atom. The second kappa shape index (κ2) is 19.2. The third-order valence-corrected chi connectivity index (χ3v) is 8.73. The van der Waals surface area contributed by atoms with Gasteiger partial charge in [0.05, 0.1) is 48.6 Å². The molecule has 0 spiro atoms. The number of β-amino-alcohol motifs (C(OH)–C–C–N with tert-alkyl or cyclic N) is 1. The second-order valence-electron chi connectivity index (χ2n) is 12.8. The smallest absolute Gasteiger partial charge is 0.404 e. The van der Waals surface area contributed by atoms with Crippen LogP contribution in [0, 0.1) is 12.3 Å². The van der Waals surface area contributed by atoms with Crippen molar-refractivity contribution in [3.8, 4) is 10.4 Å². The van der Waals surface area contributed by atoms with E-state index in [1.165, 1.54) is 4.90 Å². The van der Waals surface area contributed by atoms with Gasteiger partial charge in [0.15, 0.2) is 0 Å². The molecule has 5 amide bonds. The van der Waals surface area contributed by atoms with Crippen molar-refractivity contribution >= 4 is 41.1 Å². The van der Waals surface area contributed by atoms with Crippen LogP contribution >= 0.6 is 11.3 Å². The number of hydrogen-bond acceptors (Lipinski definition) is 10. The van der Waals surface area contributed by atoms with E-state index in [2.05, 4.69) is 26.3 Å². The number of aliphatic hydroxyl groups is 1. The fraction of sp³-hybridized carbons (Fsp3) is 0.576. The first-order valence-corrected chi connectivity index (χ1v) is 17.1. The van der Waals surface area contributed by atoms with E-state index in [9.17, 15) is 29.1 Å². The number of thiazole rings is 1. The number of amides is 5. The molecule has 49 heavy (non-hydrogen) atoms. The number of aliphatic hydroxyl groups excluding tert-OH is 1. The summed E-state index contributed by atoms with van der Waals surface area (Å²) in [6.45, 7) is 8.92.